The van der Waals surface area contributed by atoms with Gasteiger partial charge in [-0.2, -0.15) is 5.26 Å². The van der Waals surface area contributed by atoms with E-state index in [-0.39, 0.29) is 16.3 Å². The van der Waals surface area contributed by atoms with E-state index in [9.17, 15) is 19.7 Å². The minimum Gasteiger partial charge on any atom is -0.449 e. The van der Waals surface area contributed by atoms with E-state index in [0.717, 1.165) is 12.1 Å². The highest BCUT2D eigenvalue weighted by Gasteiger charge is 2.22. The van der Waals surface area contributed by atoms with E-state index in [4.69, 9.17) is 21.6 Å². The number of anilines is 1. The quantitative estimate of drug-likeness (QED) is 0.487. The number of nitro groups is 1. The van der Waals surface area contributed by atoms with Gasteiger partial charge in [0.2, 0.25) is 0 Å². The molecular weight excluding hydrogens is 362 g/mol. The first-order valence-electron chi connectivity index (χ1n) is 7.27. The number of halogens is 1. The van der Waals surface area contributed by atoms with Crippen LogP contribution >= 0.6 is 11.6 Å². The van der Waals surface area contributed by atoms with Crippen LogP contribution in [0.25, 0.3) is 0 Å². The molecule has 0 saturated carbocycles. The highest BCUT2D eigenvalue weighted by molar-refractivity contribution is 6.33. The third-order valence-corrected chi connectivity index (χ3v) is 3.62. The van der Waals surface area contributed by atoms with Gasteiger partial charge < -0.3 is 10.1 Å². The molecular formula is C17H12ClN3O5. The Morgan fingerprint density at radius 1 is 1.31 bits per heavy atom. The van der Waals surface area contributed by atoms with Gasteiger partial charge in [-0.15, -0.1) is 0 Å². The molecule has 0 heterocycles. The van der Waals surface area contributed by atoms with Crippen LogP contribution in [0.1, 0.15) is 22.8 Å². The predicted molar refractivity (Wildman–Crippen MR) is 92.8 cm³/mol. The lowest BCUT2D eigenvalue weighted by molar-refractivity contribution is -0.384. The second kappa shape index (κ2) is 8.09. The molecule has 0 aliphatic carbocycles. The van der Waals surface area contributed by atoms with Crippen molar-refractivity contribution in [3.63, 3.8) is 0 Å². The minimum absolute atomic E-state index is 0.0325. The zero-order valence-electron chi connectivity index (χ0n) is 13.4. The Labute approximate surface area is 153 Å². The topological polar surface area (TPSA) is 122 Å². The lowest BCUT2D eigenvalue weighted by Gasteiger charge is -2.14. The van der Waals surface area contributed by atoms with Crippen LogP contribution in [0.5, 0.6) is 0 Å². The molecule has 0 aliphatic rings. The van der Waals surface area contributed by atoms with Crippen LogP contribution in [0.2, 0.25) is 5.02 Å². The van der Waals surface area contributed by atoms with Crippen molar-refractivity contribution in [1.82, 2.24) is 0 Å². The van der Waals surface area contributed by atoms with Gasteiger partial charge in [0.25, 0.3) is 11.6 Å². The fraction of sp³-hybridized carbons (Fsp3) is 0.118. The minimum atomic E-state index is -1.19. The lowest BCUT2D eigenvalue weighted by Crippen LogP contribution is -2.30. The van der Waals surface area contributed by atoms with Crippen molar-refractivity contribution in [3.05, 3.63) is 68.7 Å². The molecule has 9 heteroatoms. The number of amides is 1. The number of ether oxygens (including phenoxy) is 1. The zero-order valence-corrected chi connectivity index (χ0v) is 14.2. The van der Waals surface area contributed by atoms with Crippen molar-refractivity contribution < 1.29 is 19.2 Å². The maximum absolute atomic E-state index is 12.2. The van der Waals surface area contributed by atoms with Crippen molar-refractivity contribution in [2.75, 3.05) is 5.32 Å². The Bertz CT molecular complexity index is 923. The third kappa shape index (κ3) is 4.55. The molecule has 0 aliphatic heterocycles. The van der Waals surface area contributed by atoms with Gasteiger partial charge in [-0.25, -0.2) is 4.79 Å². The number of esters is 1. The average molecular weight is 374 g/mol. The summed E-state index contributed by atoms with van der Waals surface area (Å²) >= 11 is 5.87. The van der Waals surface area contributed by atoms with Gasteiger partial charge >= 0.3 is 5.97 Å². The SMILES string of the molecule is CC(OC(=O)c1cc([N+](=O)[O-])ccc1Cl)C(=O)Nc1cccc(C#N)c1. The van der Waals surface area contributed by atoms with Gasteiger partial charge in [-0.1, -0.05) is 17.7 Å². The number of nitrogens with zero attached hydrogens (tertiary/aromatic N) is 2. The first kappa shape index (κ1) is 18.9. The summed E-state index contributed by atoms with van der Waals surface area (Å²) in [7, 11) is 0. The molecule has 0 fully saturated rings. The van der Waals surface area contributed by atoms with Crippen molar-refractivity contribution in [2.45, 2.75) is 13.0 Å². The van der Waals surface area contributed by atoms with E-state index in [1.807, 2.05) is 6.07 Å². The van der Waals surface area contributed by atoms with Gasteiger partial charge in [-0.3, -0.25) is 14.9 Å². The monoisotopic (exact) mass is 373 g/mol. The van der Waals surface area contributed by atoms with Crippen LogP contribution in [0, 0.1) is 21.4 Å². The van der Waals surface area contributed by atoms with E-state index in [2.05, 4.69) is 5.32 Å². The molecule has 2 rings (SSSR count). The Morgan fingerprint density at radius 3 is 2.69 bits per heavy atom. The van der Waals surface area contributed by atoms with Crippen molar-refractivity contribution >= 4 is 34.9 Å². The van der Waals surface area contributed by atoms with Crippen molar-refractivity contribution in [2.24, 2.45) is 0 Å². The highest BCUT2D eigenvalue weighted by Crippen LogP contribution is 2.23. The Hall–Kier alpha value is -3.44. The summed E-state index contributed by atoms with van der Waals surface area (Å²) in [6, 6.07) is 11.5. The van der Waals surface area contributed by atoms with Crippen LogP contribution in [0.4, 0.5) is 11.4 Å². The van der Waals surface area contributed by atoms with Crippen molar-refractivity contribution in [3.8, 4) is 6.07 Å². The molecule has 0 spiro atoms. The summed E-state index contributed by atoms with van der Waals surface area (Å²) in [6.07, 6.45) is -1.19. The molecule has 1 amide bonds. The zero-order chi connectivity index (χ0) is 19.3. The first-order valence-corrected chi connectivity index (χ1v) is 7.65. The van der Waals surface area contributed by atoms with Crippen LogP contribution in [-0.2, 0) is 9.53 Å². The standard InChI is InChI=1S/C17H12ClN3O5/c1-10(16(22)20-12-4-2-3-11(7-12)9-19)26-17(23)14-8-13(21(24)25)5-6-15(14)18/h2-8,10H,1H3,(H,20,22). The maximum Gasteiger partial charge on any atom is 0.340 e. The number of non-ortho nitro benzene ring substituents is 1. The van der Waals surface area contributed by atoms with Gasteiger partial charge in [0.15, 0.2) is 6.10 Å². The number of nitriles is 1. The van der Waals surface area contributed by atoms with Crippen LogP contribution in [0.3, 0.4) is 0 Å². The van der Waals surface area contributed by atoms with Crippen LogP contribution in [-0.4, -0.2) is 22.9 Å². The van der Waals surface area contributed by atoms with Gasteiger partial charge in [-0.05, 0) is 31.2 Å². The second-order valence-corrected chi connectivity index (χ2v) is 5.56. The molecule has 8 nitrogen and oxygen atoms in total. The number of hydrogen-bond donors (Lipinski definition) is 1. The van der Waals surface area contributed by atoms with E-state index >= 15 is 0 Å². The Morgan fingerprint density at radius 2 is 2.04 bits per heavy atom. The number of hydrogen-bond acceptors (Lipinski definition) is 6. The first-order chi connectivity index (χ1) is 12.3. The number of rotatable bonds is 5. The van der Waals surface area contributed by atoms with E-state index in [1.54, 1.807) is 18.2 Å². The molecule has 1 atom stereocenters. The maximum atomic E-state index is 12.2. The molecule has 0 radical (unpaired) electrons. The van der Waals surface area contributed by atoms with Gasteiger partial charge in [0.1, 0.15) is 0 Å². The van der Waals surface area contributed by atoms with Crippen LogP contribution < -0.4 is 5.32 Å². The average Bonchev–Trinajstić information content (AvgIpc) is 2.61. The van der Waals surface area contributed by atoms with Gasteiger partial charge in [0, 0.05) is 17.8 Å². The molecule has 2 aromatic rings. The molecule has 132 valence electrons. The summed E-state index contributed by atoms with van der Waals surface area (Å²) < 4.78 is 5.02. The number of nitro benzene ring substituents is 1. The number of carbonyl (C=O) groups is 2. The summed E-state index contributed by atoms with van der Waals surface area (Å²) in [4.78, 5) is 34.4. The summed E-state index contributed by atoms with van der Waals surface area (Å²) in [5.74, 6) is -1.60. The smallest absolute Gasteiger partial charge is 0.340 e. The number of benzene rings is 2. The van der Waals surface area contributed by atoms with Crippen molar-refractivity contribution in [1.29, 1.82) is 5.26 Å². The van der Waals surface area contributed by atoms with E-state index in [0.29, 0.717) is 11.3 Å². The summed E-state index contributed by atoms with van der Waals surface area (Å²) in [5, 5.41) is 22.1. The van der Waals surface area contributed by atoms with Crippen LogP contribution in [0.15, 0.2) is 42.5 Å². The number of carbonyl (C=O) groups excluding carboxylic acids is 2. The van der Waals surface area contributed by atoms with Gasteiger partial charge in [0.05, 0.1) is 27.1 Å². The molecule has 0 bridgehead atoms. The fourth-order valence-corrected chi connectivity index (χ4v) is 2.17. The highest BCUT2D eigenvalue weighted by atomic mass is 35.5. The fourth-order valence-electron chi connectivity index (χ4n) is 1.97. The molecule has 2 aromatic carbocycles. The lowest BCUT2D eigenvalue weighted by atomic mass is 10.2. The normalized spacial score (nSPS) is 11.1. The molecule has 26 heavy (non-hydrogen) atoms. The van der Waals surface area contributed by atoms with E-state index < -0.39 is 22.9 Å². The summed E-state index contributed by atoms with van der Waals surface area (Å²) in [5.41, 5.74) is 0.180. The number of nitrogens with one attached hydrogen (secondary N) is 1. The largest absolute Gasteiger partial charge is 0.449 e. The molecule has 1 N–H and O–H groups in total. The summed E-state index contributed by atoms with van der Waals surface area (Å²) in [6.45, 7) is 1.34. The Balaban J connectivity index is 2.09. The third-order valence-electron chi connectivity index (χ3n) is 3.29. The molecule has 0 saturated heterocycles. The predicted octanol–water partition coefficient (Wildman–Crippen LogP) is 3.30. The Kier molecular flexibility index (Phi) is 5.88. The second-order valence-electron chi connectivity index (χ2n) is 5.15. The van der Waals surface area contributed by atoms with E-state index in [1.165, 1.54) is 19.1 Å². The molecule has 1 unspecified atom stereocenters. The molecule has 0 aromatic heterocycles.